The first-order valence-electron chi connectivity index (χ1n) is 11.1. The molecule has 9 heteroatoms. The Morgan fingerprint density at radius 2 is 1.83 bits per heavy atom. The van der Waals surface area contributed by atoms with Crippen molar-refractivity contribution in [2.24, 2.45) is 0 Å². The maximum absolute atomic E-state index is 12.7. The molecule has 0 aromatic heterocycles. The zero-order chi connectivity index (χ0) is 25.4. The summed E-state index contributed by atoms with van der Waals surface area (Å²) in [6, 6.07) is 15.9. The van der Waals surface area contributed by atoms with Crippen LogP contribution in [0, 0.1) is 10.1 Å². The van der Waals surface area contributed by atoms with Crippen molar-refractivity contribution in [1.82, 2.24) is 5.32 Å². The molecule has 0 aliphatic carbocycles. The fourth-order valence-corrected chi connectivity index (χ4v) is 3.63. The summed E-state index contributed by atoms with van der Waals surface area (Å²) in [6.07, 6.45) is 2.40. The lowest BCUT2D eigenvalue weighted by atomic mass is 9.99. The monoisotopic (exact) mass is 496 g/mol. The molecule has 1 amide bonds. The highest BCUT2D eigenvalue weighted by molar-refractivity contribution is 6.31. The Morgan fingerprint density at radius 3 is 2.49 bits per heavy atom. The van der Waals surface area contributed by atoms with E-state index >= 15 is 0 Å². The summed E-state index contributed by atoms with van der Waals surface area (Å²) >= 11 is 6.07. The van der Waals surface area contributed by atoms with E-state index in [1.54, 1.807) is 30.3 Å². The Morgan fingerprint density at radius 1 is 1.09 bits per heavy atom. The van der Waals surface area contributed by atoms with Crippen molar-refractivity contribution in [3.8, 4) is 16.9 Å². The lowest BCUT2D eigenvalue weighted by Gasteiger charge is -2.12. The Kier molecular flexibility index (Phi) is 8.80. The number of unbranched alkanes of at least 4 members (excludes halogenated alkanes) is 1. The number of benzene rings is 3. The van der Waals surface area contributed by atoms with Gasteiger partial charge in [-0.05, 0) is 54.3 Å². The minimum absolute atomic E-state index is 0.147. The number of rotatable bonds is 11. The smallest absolute Gasteiger partial charge is 0.335 e. The fraction of sp³-hybridized carbons (Fsp3) is 0.231. The van der Waals surface area contributed by atoms with E-state index in [4.69, 9.17) is 21.4 Å². The molecule has 0 aliphatic rings. The highest BCUT2D eigenvalue weighted by Crippen LogP contribution is 2.31. The topological polar surface area (TPSA) is 119 Å². The van der Waals surface area contributed by atoms with Gasteiger partial charge in [-0.25, -0.2) is 4.79 Å². The number of carboxylic acids is 1. The number of nitrogens with zero attached hydrogens (tertiary/aromatic N) is 1. The molecule has 0 heterocycles. The van der Waals surface area contributed by atoms with E-state index in [0.29, 0.717) is 47.0 Å². The quantitative estimate of drug-likeness (QED) is 0.198. The van der Waals surface area contributed by atoms with E-state index in [2.05, 4.69) is 12.2 Å². The zero-order valence-corrected chi connectivity index (χ0v) is 19.9. The second-order valence-corrected chi connectivity index (χ2v) is 8.28. The lowest BCUT2D eigenvalue weighted by molar-refractivity contribution is -0.384. The van der Waals surface area contributed by atoms with E-state index in [1.165, 1.54) is 12.1 Å². The summed E-state index contributed by atoms with van der Waals surface area (Å²) in [5.74, 6) is -1.03. The molecule has 0 saturated heterocycles. The lowest BCUT2D eigenvalue weighted by Crippen LogP contribution is -2.26. The number of aromatic carboxylic acids is 1. The number of hydrogen-bond acceptors (Lipinski definition) is 5. The number of halogens is 1. The molecule has 8 nitrogen and oxygen atoms in total. The molecule has 3 rings (SSSR count). The minimum atomic E-state index is -1.23. The molecule has 0 aliphatic heterocycles. The molecular formula is C26H25ClN2O6. The maximum Gasteiger partial charge on any atom is 0.335 e. The van der Waals surface area contributed by atoms with Gasteiger partial charge < -0.3 is 15.2 Å². The summed E-state index contributed by atoms with van der Waals surface area (Å²) < 4.78 is 5.72. The summed E-state index contributed by atoms with van der Waals surface area (Å²) in [6.45, 7) is 2.94. The van der Waals surface area contributed by atoms with Gasteiger partial charge in [0.2, 0.25) is 0 Å². The largest absolute Gasteiger partial charge is 0.493 e. The van der Waals surface area contributed by atoms with Gasteiger partial charge >= 0.3 is 5.97 Å². The molecule has 3 aromatic rings. The average molecular weight is 497 g/mol. The predicted octanol–water partition coefficient (Wildman–Crippen LogP) is 5.76. The van der Waals surface area contributed by atoms with Crippen LogP contribution in [0.4, 0.5) is 5.69 Å². The summed E-state index contributed by atoms with van der Waals surface area (Å²) in [5, 5.41) is 23.8. The van der Waals surface area contributed by atoms with E-state index in [-0.39, 0.29) is 17.2 Å². The number of carboxylic acid groups (broad SMARTS) is 1. The van der Waals surface area contributed by atoms with Crippen molar-refractivity contribution >= 4 is 29.2 Å². The van der Waals surface area contributed by atoms with Crippen LogP contribution < -0.4 is 10.1 Å². The van der Waals surface area contributed by atoms with Gasteiger partial charge in [0.15, 0.2) is 0 Å². The summed E-state index contributed by atoms with van der Waals surface area (Å²) in [5.41, 5.74) is 1.80. The molecule has 0 bridgehead atoms. The van der Waals surface area contributed by atoms with Gasteiger partial charge in [0.05, 0.1) is 28.2 Å². The molecule has 3 aromatic carbocycles. The molecule has 0 unspecified atom stereocenters. The van der Waals surface area contributed by atoms with Crippen molar-refractivity contribution in [2.45, 2.75) is 26.2 Å². The second-order valence-electron chi connectivity index (χ2n) is 7.84. The highest BCUT2D eigenvalue weighted by atomic mass is 35.5. The van der Waals surface area contributed by atoms with Crippen LogP contribution in [0.5, 0.6) is 5.75 Å². The highest BCUT2D eigenvalue weighted by Gasteiger charge is 2.18. The summed E-state index contributed by atoms with van der Waals surface area (Å²) in [4.78, 5) is 34.7. The normalized spacial score (nSPS) is 10.6. The first kappa shape index (κ1) is 25.7. The maximum atomic E-state index is 12.7. The van der Waals surface area contributed by atoms with Gasteiger partial charge in [0.25, 0.3) is 11.6 Å². The molecular weight excluding hydrogens is 472 g/mol. The molecule has 0 radical (unpaired) electrons. The average Bonchev–Trinajstić information content (AvgIpc) is 2.85. The van der Waals surface area contributed by atoms with Crippen LogP contribution in [-0.2, 0) is 6.42 Å². The van der Waals surface area contributed by atoms with Crippen molar-refractivity contribution in [3.05, 3.63) is 92.5 Å². The third kappa shape index (κ3) is 6.80. The van der Waals surface area contributed by atoms with Crippen molar-refractivity contribution in [3.63, 3.8) is 0 Å². The second kappa shape index (κ2) is 12.0. The van der Waals surface area contributed by atoms with E-state index < -0.39 is 10.9 Å². The van der Waals surface area contributed by atoms with E-state index in [9.17, 15) is 19.7 Å². The molecule has 182 valence electrons. The van der Waals surface area contributed by atoms with Crippen molar-refractivity contribution in [1.29, 1.82) is 0 Å². The third-order valence-corrected chi connectivity index (χ3v) is 5.58. The first-order chi connectivity index (χ1) is 16.8. The van der Waals surface area contributed by atoms with Gasteiger partial charge in [0.1, 0.15) is 5.75 Å². The molecule has 35 heavy (non-hydrogen) atoms. The number of nitro benzene ring substituents is 1. The Hall–Kier alpha value is -3.91. The number of hydrogen-bond donors (Lipinski definition) is 2. The number of ether oxygens (including phenoxy) is 1. The Labute approximate surface area is 207 Å². The van der Waals surface area contributed by atoms with Gasteiger partial charge in [-0.15, -0.1) is 0 Å². The van der Waals surface area contributed by atoms with Crippen molar-refractivity contribution in [2.75, 3.05) is 13.2 Å². The number of carbonyl (C=O) groups excluding carboxylic acids is 1. The number of amides is 1. The predicted molar refractivity (Wildman–Crippen MR) is 133 cm³/mol. The molecule has 0 atom stereocenters. The van der Waals surface area contributed by atoms with Gasteiger partial charge in [-0.1, -0.05) is 49.2 Å². The van der Waals surface area contributed by atoms with E-state index in [1.807, 2.05) is 12.1 Å². The molecule has 0 spiro atoms. The zero-order valence-electron chi connectivity index (χ0n) is 19.1. The van der Waals surface area contributed by atoms with Crippen LogP contribution in [0.25, 0.3) is 11.1 Å². The van der Waals surface area contributed by atoms with Crippen LogP contribution in [0.15, 0.2) is 60.7 Å². The number of carbonyl (C=O) groups is 2. The van der Waals surface area contributed by atoms with Gasteiger partial charge in [-0.3, -0.25) is 14.9 Å². The van der Waals surface area contributed by atoms with E-state index in [0.717, 1.165) is 24.5 Å². The Bertz CT molecular complexity index is 1230. The van der Waals surface area contributed by atoms with Crippen LogP contribution in [0.1, 0.15) is 46.0 Å². The standard InChI is InChI=1S/C26H25ClN2O6/c1-2-3-14-35-24-11-9-20(27)16-22(24)25(30)28-13-12-17-4-6-18(7-5-17)21-10-8-19(26(31)32)15-23(21)29(33)34/h4-11,15-16H,2-3,12-14H2,1H3,(H,28,30)(H,31,32). The van der Waals surface area contributed by atoms with Gasteiger partial charge in [-0.2, -0.15) is 0 Å². The molecule has 0 fully saturated rings. The van der Waals surface area contributed by atoms with Crippen LogP contribution in [0.2, 0.25) is 5.02 Å². The van der Waals surface area contributed by atoms with Crippen molar-refractivity contribution < 1.29 is 24.4 Å². The number of nitro groups is 1. The SMILES string of the molecule is CCCCOc1ccc(Cl)cc1C(=O)NCCc1ccc(-c2ccc(C(=O)O)cc2[N+](=O)[O-])cc1. The molecule has 2 N–H and O–H groups in total. The fourth-order valence-electron chi connectivity index (χ4n) is 3.46. The Balaban J connectivity index is 1.65. The van der Waals surface area contributed by atoms with Crippen LogP contribution >= 0.6 is 11.6 Å². The van der Waals surface area contributed by atoms with Crippen LogP contribution in [-0.4, -0.2) is 35.1 Å². The minimum Gasteiger partial charge on any atom is -0.493 e. The third-order valence-electron chi connectivity index (χ3n) is 5.35. The van der Waals surface area contributed by atoms with Crippen LogP contribution in [0.3, 0.4) is 0 Å². The van der Waals surface area contributed by atoms with Gasteiger partial charge in [0, 0.05) is 17.6 Å². The number of nitrogens with one attached hydrogen (secondary N) is 1. The molecule has 0 saturated carbocycles. The first-order valence-corrected chi connectivity index (χ1v) is 11.5. The summed E-state index contributed by atoms with van der Waals surface area (Å²) in [7, 11) is 0.